The van der Waals surface area contributed by atoms with Crippen molar-refractivity contribution in [2.75, 3.05) is 19.1 Å². The molecule has 0 bridgehead atoms. The number of alkyl halides is 1. The molecule has 0 saturated carbocycles. The van der Waals surface area contributed by atoms with Crippen molar-refractivity contribution >= 4 is 11.6 Å². The second-order valence-corrected chi connectivity index (χ2v) is 5.85. The predicted octanol–water partition coefficient (Wildman–Crippen LogP) is 3.48. The number of benzene rings is 2. The fourth-order valence-electron chi connectivity index (χ4n) is 2.03. The summed E-state index contributed by atoms with van der Waals surface area (Å²) in [5.41, 5.74) is 2.12. The van der Waals surface area contributed by atoms with Crippen LogP contribution in [0.15, 0.2) is 48.5 Å². The fourth-order valence-corrected chi connectivity index (χ4v) is 2.12. The van der Waals surface area contributed by atoms with E-state index in [-0.39, 0.29) is 12.5 Å². The van der Waals surface area contributed by atoms with Gasteiger partial charge in [0.05, 0.1) is 12.0 Å². The molecular weight excluding hydrogens is 328 g/mol. The standard InChI is InChI=1S/C19H23ClO4/c1-2-16(21)12-23-18-7-3-14(4-8-18)15-5-9-19(10-6-15)24-13-17(22)11-20/h3-10,16-17,21-22H,2,11-13H2,1H3. The second kappa shape index (κ2) is 9.52. The Morgan fingerprint density at radius 3 is 1.58 bits per heavy atom. The van der Waals surface area contributed by atoms with Crippen LogP contribution in [0.25, 0.3) is 11.1 Å². The lowest BCUT2D eigenvalue weighted by Gasteiger charge is -2.11. The van der Waals surface area contributed by atoms with Gasteiger partial charge in [-0.05, 0) is 41.8 Å². The molecule has 2 unspecified atom stereocenters. The molecule has 0 fully saturated rings. The molecule has 0 aliphatic heterocycles. The second-order valence-electron chi connectivity index (χ2n) is 5.54. The summed E-state index contributed by atoms with van der Waals surface area (Å²) in [6.07, 6.45) is -0.423. The summed E-state index contributed by atoms with van der Waals surface area (Å²) in [6, 6.07) is 15.4. The molecule has 0 saturated heterocycles. The highest BCUT2D eigenvalue weighted by Gasteiger charge is 2.05. The van der Waals surface area contributed by atoms with Crippen LogP contribution in [0.2, 0.25) is 0 Å². The Morgan fingerprint density at radius 2 is 1.21 bits per heavy atom. The van der Waals surface area contributed by atoms with Crippen LogP contribution in [0, 0.1) is 0 Å². The van der Waals surface area contributed by atoms with Gasteiger partial charge in [-0.3, -0.25) is 0 Å². The van der Waals surface area contributed by atoms with E-state index in [4.69, 9.17) is 21.1 Å². The van der Waals surface area contributed by atoms with Gasteiger partial charge in [-0.2, -0.15) is 0 Å². The van der Waals surface area contributed by atoms with Crippen LogP contribution in [0.5, 0.6) is 11.5 Å². The van der Waals surface area contributed by atoms with Gasteiger partial charge in [0, 0.05) is 0 Å². The van der Waals surface area contributed by atoms with Crippen molar-refractivity contribution in [3.05, 3.63) is 48.5 Å². The molecule has 2 aromatic rings. The summed E-state index contributed by atoms with van der Waals surface area (Å²) in [6.45, 7) is 2.40. The summed E-state index contributed by atoms with van der Waals surface area (Å²) in [5.74, 6) is 1.58. The van der Waals surface area contributed by atoms with Gasteiger partial charge < -0.3 is 19.7 Å². The average Bonchev–Trinajstić information content (AvgIpc) is 2.65. The lowest BCUT2D eigenvalue weighted by atomic mass is 10.1. The van der Waals surface area contributed by atoms with Crippen LogP contribution in [-0.4, -0.2) is 41.5 Å². The molecule has 0 amide bonds. The Morgan fingerprint density at radius 1 is 0.792 bits per heavy atom. The van der Waals surface area contributed by atoms with Crippen LogP contribution in [-0.2, 0) is 0 Å². The Hall–Kier alpha value is -1.75. The third kappa shape index (κ3) is 5.71. The number of aliphatic hydroxyl groups is 2. The highest BCUT2D eigenvalue weighted by atomic mass is 35.5. The minimum atomic E-state index is -0.662. The Balaban J connectivity index is 1.93. The van der Waals surface area contributed by atoms with Gasteiger partial charge in [0.15, 0.2) is 0 Å². The zero-order chi connectivity index (χ0) is 17.4. The highest BCUT2D eigenvalue weighted by molar-refractivity contribution is 6.18. The van der Waals surface area contributed by atoms with Gasteiger partial charge in [-0.15, -0.1) is 11.6 Å². The summed E-state index contributed by atoms with van der Waals surface area (Å²) in [7, 11) is 0. The fraction of sp³-hybridized carbons (Fsp3) is 0.368. The molecule has 0 aliphatic rings. The van der Waals surface area contributed by atoms with Crippen molar-refractivity contribution in [2.45, 2.75) is 25.6 Å². The molecule has 0 spiro atoms. The van der Waals surface area contributed by atoms with Crippen LogP contribution in [0.4, 0.5) is 0 Å². The lowest BCUT2D eigenvalue weighted by molar-refractivity contribution is 0.104. The van der Waals surface area contributed by atoms with E-state index < -0.39 is 12.2 Å². The first kappa shape index (κ1) is 18.6. The summed E-state index contributed by atoms with van der Waals surface area (Å²) < 4.78 is 11.0. The third-order valence-electron chi connectivity index (χ3n) is 3.58. The van der Waals surface area contributed by atoms with Gasteiger partial charge >= 0.3 is 0 Å². The number of ether oxygens (including phenoxy) is 2. The minimum absolute atomic E-state index is 0.155. The molecule has 2 N–H and O–H groups in total. The van der Waals surface area contributed by atoms with Crippen molar-refractivity contribution in [2.24, 2.45) is 0 Å². The van der Waals surface area contributed by atoms with E-state index in [1.165, 1.54) is 0 Å². The molecular formula is C19H23ClO4. The summed E-state index contributed by atoms with van der Waals surface area (Å²) in [4.78, 5) is 0. The van der Waals surface area contributed by atoms with E-state index in [9.17, 15) is 10.2 Å². The lowest BCUT2D eigenvalue weighted by Crippen LogP contribution is -2.18. The molecule has 0 heterocycles. The molecule has 130 valence electrons. The van der Waals surface area contributed by atoms with Gasteiger partial charge in [-0.1, -0.05) is 31.2 Å². The van der Waals surface area contributed by atoms with Gasteiger partial charge in [-0.25, -0.2) is 0 Å². The van der Waals surface area contributed by atoms with Crippen molar-refractivity contribution in [1.29, 1.82) is 0 Å². The topological polar surface area (TPSA) is 58.9 Å². The van der Waals surface area contributed by atoms with Crippen molar-refractivity contribution in [3.8, 4) is 22.6 Å². The molecule has 0 radical (unpaired) electrons. The minimum Gasteiger partial charge on any atom is -0.491 e. The largest absolute Gasteiger partial charge is 0.491 e. The first-order valence-corrected chi connectivity index (χ1v) is 8.54. The Labute approximate surface area is 147 Å². The molecule has 0 aromatic heterocycles. The Bertz CT molecular complexity index is 542. The van der Waals surface area contributed by atoms with E-state index in [2.05, 4.69) is 0 Å². The Kier molecular flexibility index (Phi) is 7.37. The van der Waals surface area contributed by atoms with E-state index in [0.29, 0.717) is 18.8 Å². The maximum Gasteiger partial charge on any atom is 0.119 e. The van der Waals surface area contributed by atoms with E-state index in [1.807, 2.05) is 55.5 Å². The zero-order valence-electron chi connectivity index (χ0n) is 13.7. The van der Waals surface area contributed by atoms with Crippen LogP contribution < -0.4 is 9.47 Å². The molecule has 2 rings (SSSR count). The number of hydrogen-bond acceptors (Lipinski definition) is 4. The first-order chi connectivity index (χ1) is 11.6. The molecule has 2 aromatic carbocycles. The quantitative estimate of drug-likeness (QED) is 0.680. The van der Waals surface area contributed by atoms with Crippen LogP contribution in [0.3, 0.4) is 0 Å². The summed E-state index contributed by atoms with van der Waals surface area (Å²) >= 11 is 5.53. The number of aliphatic hydroxyl groups excluding tert-OH is 2. The molecule has 0 aliphatic carbocycles. The van der Waals surface area contributed by atoms with Gasteiger partial charge in [0.2, 0.25) is 0 Å². The average molecular weight is 351 g/mol. The normalized spacial score (nSPS) is 13.3. The summed E-state index contributed by atoms with van der Waals surface area (Å²) in [5, 5.41) is 18.9. The van der Waals surface area contributed by atoms with Crippen molar-refractivity contribution < 1.29 is 19.7 Å². The molecule has 4 nitrogen and oxygen atoms in total. The number of hydrogen-bond donors (Lipinski definition) is 2. The number of rotatable bonds is 9. The maximum absolute atomic E-state index is 9.51. The monoisotopic (exact) mass is 350 g/mol. The van der Waals surface area contributed by atoms with E-state index in [1.54, 1.807) is 0 Å². The SMILES string of the molecule is CCC(O)COc1ccc(-c2ccc(OCC(O)CCl)cc2)cc1. The van der Waals surface area contributed by atoms with E-state index >= 15 is 0 Å². The zero-order valence-corrected chi connectivity index (χ0v) is 14.4. The van der Waals surface area contributed by atoms with E-state index in [0.717, 1.165) is 16.9 Å². The maximum atomic E-state index is 9.51. The van der Waals surface area contributed by atoms with Crippen LogP contribution >= 0.6 is 11.6 Å². The molecule has 2 atom stereocenters. The van der Waals surface area contributed by atoms with Crippen molar-refractivity contribution in [3.63, 3.8) is 0 Å². The first-order valence-electron chi connectivity index (χ1n) is 8.00. The van der Waals surface area contributed by atoms with Gasteiger partial charge in [0.25, 0.3) is 0 Å². The smallest absolute Gasteiger partial charge is 0.119 e. The highest BCUT2D eigenvalue weighted by Crippen LogP contribution is 2.24. The number of halogens is 1. The van der Waals surface area contributed by atoms with Crippen molar-refractivity contribution in [1.82, 2.24) is 0 Å². The third-order valence-corrected chi connectivity index (χ3v) is 3.93. The van der Waals surface area contributed by atoms with Gasteiger partial charge in [0.1, 0.15) is 30.8 Å². The predicted molar refractivity (Wildman–Crippen MR) is 95.9 cm³/mol. The molecule has 24 heavy (non-hydrogen) atoms. The molecule has 5 heteroatoms. The van der Waals surface area contributed by atoms with Crippen LogP contribution in [0.1, 0.15) is 13.3 Å².